The Labute approximate surface area is 191 Å². The van der Waals surface area contributed by atoms with Crippen LogP contribution in [0.3, 0.4) is 0 Å². The number of nitrogens with two attached hydrogens (primary N) is 1. The molecule has 1 unspecified atom stereocenters. The maximum absolute atomic E-state index is 12.4. The summed E-state index contributed by atoms with van der Waals surface area (Å²) in [7, 11) is -4.30. The number of rotatable bonds is 7. The van der Waals surface area contributed by atoms with Crippen molar-refractivity contribution >= 4 is 32.5 Å². The van der Waals surface area contributed by atoms with E-state index in [1.807, 2.05) is 49.4 Å². The summed E-state index contributed by atoms with van der Waals surface area (Å²) >= 11 is 0. The van der Waals surface area contributed by atoms with Gasteiger partial charge in [0.2, 0.25) is 10.0 Å². The molecule has 0 aliphatic carbocycles. The van der Waals surface area contributed by atoms with Crippen LogP contribution >= 0.6 is 0 Å². The number of carboxylic acids is 1. The van der Waals surface area contributed by atoms with Gasteiger partial charge in [-0.05, 0) is 47.5 Å². The highest BCUT2D eigenvalue weighted by Crippen LogP contribution is 2.39. The molecule has 0 saturated carbocycles. The molecule has 0 amide bonds. The molecule has 4 rings (SSSR count). The third-order valence-electron chi connectivity index (χ3n) is 5.23. The van der Waals surface area contributed by atoms with E-state index in [-0.39, 0.29) is 23.0 Å². The van der Waals surface area contributed by atoms with Crippen molar-refractivity contribution in [2.75, 3.05) is 5.32 Å². The van der Waals surface area contributed by atoms with Crippen molar-refractivity contribution in [3.8, 4) is 11.5 Å². The molecule has 0 fully saturated rings. The predicted octanol–water partition coefficient (Wildman–Crippen LogP) is 5.15. The highest BCUT2D eigenvalue weighted by atomic mass is 32.2. The SMILES string of the molecule is CC(Nc1cc(C(=O)O)cc(S(N)(=O)=O)c1Oc1ccccc1)c1cccc2ccccc12. The van der Waals surface area contributed by atoms with Crippen LogP contribution < -0.4 is 15.2 Å². The van der Waals surface area contributed by atoms with E-state index in [0.29, 0.717) is 5.75 Å². The van der Waals surface area contributed by atoms with Crippen LogP contribution in [-0.2, 0) is 10.0 Å². The van der Waals surface area contributed by atoms with E-state index in [2.05, 4.69) is 5.32 Å². The van der Waals surface area contributed by atoms with E-state index in [4.69, 9.17) is 9.88 Å². The predicted molar refractivity (Wildman–Crippen MR) is 127 cm³/mol. The number of sulfonamides is 1. The normalized spacial score (nSPS) is 12.3. The Bertz CT molecular complexity index is 1430. The molecule has 4 N–H and O–H groups in total. The minimum Gasteiger partial charge on any atom is -0.478 e. The number of fused-ring (bicyclic) bond motifs is 1. The van der Waals surface area contributed by atoms with Gasteiger partial charge in [0.25, 0.3) is 0 Å². The second kappa shape index (κ2) is 8.93. The average Bonchev–Trinajstić information content (AvgIpc) is 2.79. The number of anilines is 1. The third kappa shape index (κ3) is 4.82. The standard InChI is InChI=1S/C25H22N2O5S/c1-16(20-13-7-9-17-8-5-6-12-21(17)20)27-22-14-18(25(28)29)15-23(33(26,30)31)24(22)32-19-10-3-2-4-11-19/h2-16,27H,1H3,(H,28,29)(H2,26,30,31). The van der Waals surface area contributed by atoms with E-state index < -0.39 is 20.9 Å². The Hall–Kier alpha value is -3.88. The quantitative estimate of drug-likeness (QED) is 0.349. The number of carbonyl (C=O) groups is 1. The molecule has 0 saturated heterocycles. The Kier molecular flexibility index (Phi) is 6.04. The lowest BCUT2D eigenvalue weighted by molar-refractivity contribution is 0.0696. The van der Waals surface area contributed by atoms with E-state index in [1.54, 1.807) is 30.3 Å². The number of para-hydroxylation sites is 1. The highest BCUT2D eigenvalue weighted by Gasteiger charge is 2.24. The van der Waals surface area contributed by atoms with Crippen molar-refractivity contribution in [1.82, 2.24) is 0 Å². The topological polar surface area (TPSA) is 119 Å². The molecule has 168 valence electrons. The lowest BCUT2D eigenvalue weighted by Crippen LogP contribution is -2.17. The smallest absolute Gasteiger partial charge is 0.335 e. The zero-order chi connectivity index (χ0) is 23.6. The number of ether oxygens (including phenoxy) is 1. The van der Waals surface area contributed by atoms with Gasteiger partial charge < -0.3 is 15.2 Å². The van der Waals surface area contributed by atoms with E-state index >= 15 is 0 Å². The summed E-state index contributed by atoms with van der Waals surface area (Å²) in [4.78, 5) is 11.3. The van der Waals surface area contributed by atoms with Gasteiger partial charge in [0.1, 0.15) is 10.6 Å². The first-order valence-corrected chi connectivity index (χ1v) is 11.7. The van der Waals surface area contributed by atoms with Gasteiger partial charge in [-0.25, -0.2) is 18.4 Å². The Balaban J connectivity index is 1.86. The lowest BCUT2D eigenvalue weighted by atomic mass is 9.99. The number of hydrogen-bond acceptors (Lipinski definition) is 5. The van der Waals surface area contributed by atoms with Crippen molar-refractivity contribution in [2.24, 2.45) is 5.14 Å². The molecular formula is C25H22N2O5S. The molecule has 0 aliphatic heterocycles. The summed E-state index contributed by atoms with van der Waals surface area (Å²) in [5.74, 6) is -0.973. The molecule has 1 atom stereocenters. The number of nitrogens with one attached hydrogen (secondary N) is 1. The van der Waals surface area contributed by atoms with Crippen LogP contribution in [0.1, 0.15) is 28.9 Å². The molecule has 33 heavy (non-hydrogen) atoms. The van der Waals surface area contributed by atoms with Gasteiger partial charge in [0.15, 0.2) is 5.75 Å². The van der Waals surface area contributed by atoms with Gasteiger partial charge in [0.05, 0.1) is 11.3 Å². The molecule has 0 radical (unpaired) electrons. The molecule has 7 nitrogen and oxygen atoms in total. The van der Waals surface area contributed by atoms with E-state index in [9.17, 15) is 18.3 Å². The summed E-state index contributed by atoms with van der Waals surface area (Å²) in [5.41, 5.74) is 0.923. The summed E-state index contributed by atoms with van der Waals surface area (Å²) < 4.78 is 30.7. The highest BCUT2D eigenvalue weighted by molar-refractivity contribution is 7.89. The van der Waals surface area contributed by atoms with Crippen LogP contribution in [0.25, 0.3) is 10.8 Å². The minimum atomic E-state index is -4.30. The van der Waals surface area contributed by atoms with Crippen LogP contribution in [-0.4, -0.2) is 19.5 Å². The van der Waals surface area contributed by atoms with Crippen molar-refractivity contribution in [3.63, 3.8) is 0 Å². The molecule has 0 heterocycles. The molecule has 0 spiro atoms. The molecule has 4 aromatic carbocycles. The molecule has 8 heteroatoms. The fourth-order valence-corrected chi connectivity index (χ4v) is 4.40. The number of benzene rings is 4. The van der Waals surface area contributed by atoms with Crippen molar-refractivity contribution in [2.45, 2.75) is 17.9 Å². The molecule has 0 aliphatic rings. The van der Waals surface area contributed by atoms with Gasteiger partial charge in [-0.1, -0.05) is 60.7 Å². The second-order valence-electron chi connectivity index (χ2n) is 7.55. The van der Waals surface area contributed by atoms with Gasteiger partial charge >= 0.3 is 5.97 Å². The zero-order valence-corrected chi connectivity index (χ0v) is 18.5. The molecular weight excluding hydrogens is 440 g/mol. The van der Waals surface area contributed by atoms with Crippen LogP contribution in [0.15, 0.2) is 89.8 Å². The second-order valence-corrected chi connectivity index (χ2v) is 9.08. The van der Waals surface area contributed by atoms with Crippen LogP contribution in [0.4, 0.5) is 5.69 Å². The summed E-state index contributed by atoms with van der Waals surface area (Å²) in [6.07, 6.45) is 0. The summed E-state index contributed by atoms with van der Waals surface area (Å²) in [5, 5.41) is 20.3. The first-order valence-electron chi connectivity index (χ1n) is 10.2. The monoisotopic (exact) mass is 462 g/mol. The Morgan fingerprint density at radius 1 is 0.970 bits per heavy atom. The van der Waals surface area contributed by atoms with Crippen molar-refractivity contribution in [3.05, 3.63) is 96.1 Å². The maximum atomic E-state index is 12.4. The third-order valence-corrected chi connectivity index (χ3v) is 6.15. The number of carboxylic acid groups (broad SMARTS) is 1. The van der Waals surface area contributed by atoms with Crippen molar-refractivity contribution in [1.29, 1.82) is 0 Å². The van der Waals surface area contributed by atoms with Gasteiger partial charge in [-0.3, -0.25) is 0 Å². The fourth-order valence-electron chi connectivity index (χ4n) is 3.69. The fraction of sp³-hybridized carbons (Fsp3) is 0.0800. The number of aromatic carboxylic acids is 1. The van der Waals surface area contributed by atoms with Gasteiger partial charge in [-0.15, -0.1) is 0 Å². The minimum absolute atomic E-state index is 0.0687. The van der Waals surface area contributed by atoms with E-state index in [0.717, 1.165) is 22.4 Å². The largest absolute Gasteiger partial charge is 0.478 e. The molecule has 0 aromatic heterocycles. The first kappa shape index (κ1) is 22.3. The molecule has 0 bridgehead atoms. The van der Waals surface area contributed by atoms with Crippen LogP contribution in [0.2, 0.25) is 0 Å². The number of primary sulfonamides is 1. The molecule has 4 aromatic rings. The zero-order valence-electron chi connectivity index (χ0n) is 17.7. The Morgan fingerprint density at radius 3 is 2.33 bits per heavy atom. The maximum Gasteiger partial charge on any atom is 0.335 e. The van der Waals surface area contributed by atoms with Crippen LogP contribution in [0.5, 0.6) is 11.5 Å². The first-order chi connectivity index (χ1) is 15.7. The van der Waals surface area contributed by atoms with E-state index in [1.165, 1.54) is 6.07 Å². The summed E-state index contributed by atoms with van der Waals surface area (Å²) in [6.45, 7) is 1.90. The van der Waals surface area contributed by atoms with Gasteiger partial charge in [0, 0.05) is 6.04 Å². The Morgan fingerprint density at radius 2 is 1.64 bits per heavy atom. The summed E-state index contributed by atoms with van der Waals surface area (Å²) in [6, 6.07) is 24.4. The lowest BCUT2D eigenvalue weighted by Gasteiger charge is -2.22. The van der Waals surface area contributed by atoms with Gasteiger partial charge in [-0.2, -0.15) is 0 Å². The number of hydrogen-bond donors (Lipinski definition) is 3. The van der Waals surface area contributed by atoms with Crippen LogP contribution in [0, 0.1) is 0 Å². The van der Waals surface area contributed by atoms with Crippen molar-refractivity contribution < 1.29 is 23.1 Å². The average molecular weight is 463 g/mol.